The van der Waals surface area contributed by atoms with Gasteiger partial charge in [-0.1, -0.05) is 0 Å². The number of aliphatic carboxylic acids is 1. The van der Waals surface area contributed by atoms with Crippen molar-refractivity contribution < 1.29 is 9.90 Å². The van der Waals surface area contributed by atoms with Crippen molar-refractivity contribution in [2.75, 3.05) is 0 Å². The Kier molecular flexibility index (Phi) is 2.61. The summed E-state index contributed by atoms with van der Waals surface area (Å²) in [6.45, 7) is 0.00381. The Balaban J connectivity index is 2.43. The molecule has 1 atom stereocenters. The summed E-state index contributed by atoms with van der Waals surface area (Å²) in [5, 5.41) is 7.57. The SMILES string of the molecule is O=C(O)C(Cl)Cn1cnc2c(=O)[nH]cnc21. The Labute approximate surface area is 93.7 Å². The van der Waals surface area contributed by atoms with Crippen LogP contribution < -0.4 is 5.56 Å². The molecule has 2 heterocycles. The van der Waals surface area contributed by atoms with Gasteiger partial charge in [0.2, 0.25) is 0 Å². The number of hydrogen-bond donors (Lipinski definition) is 2. The summed E-state index contributed by atoms with van der Waals surface area (Å²) in [5.41, 5.74) is 0.109. The van der Waals surface area contributed by atoms with Gasteiger partial charge in [0.25, 0.3) is 5.56 Å². The van der Waals surface area contributed by atoms with Crippen molar-refractivity contribution in [1.82, 2.24) is 19.5 Å². The summed E-state index contributed by atoms with van der Waals surface area (Å²) in [6, 6.07) is 0. The van der Waals surface area contributed by atoms with Gasteiger partial charge >= 0.3 is 5.97 Å². The Morgan fingerprint density at radius 1 is 1.62 bits per heavy atom. The molecule has 8 heteroatoms. The molecular weight excluding hydrogens is 236 g/mol. The van der Waals surface area contributed by atoms with Crippen LogP contribution >= 0.6 is 11.6 Å². The van der Waals surface area contributed by atoms with Gasteiger partial charge in [-0.3, -0.25) is 9.59 Å². The zero-order valence-corrected chi connectivity index (χ0v) is 8.68. The van der Waals surface area contributed by atoms with Crippen LogP contribution in [0.15, 0.2) is 17.4 Å². The molecule has 0 amide bonds. The number of alkyl halides is 1. The predicted octanol–water partition coefficient (Wildman–Crippen LogP) is -0.188. The van der Waals surface area contributed by atoms with E-state index in [2.05, 4.69) is 15.0 Å². The van der Waals surface area contributed by atoms with E-state index in [9.17, 15) is 9.59 Å². The molecule has 0 fully saturated rings. The van der Waals surface area contributed by atoms with Crippen LogP contribution in [-0.4, -0.2) is 36.0 Å². The van der Waals surface area contributed by atoms with Crippen molar-refractivity contribution >= 4 is 28.7 Å². The van der Waals surface area contributed by atoms with E-state index in [0.717, 1.165) is 0 Å². The van der Waals surface area contributed by atoms with Gasteiger partial charge in [-0.25, -0.2) is 9.97 Å². The van der Waals surface area contributed by atoms with Crippen LogP contribution in [0, 0.1) is 0 Å². The van der Waals surface area contributed by atoms with Gasteiger partial charge in [-0.2, -0.15) is 0 Å². The fourth-order valence-electron chi connectivity index (χ4n) is 1.28. The topological polar surface area (TPSA) is 101 Å². The molecule has 0 saturated heterocycles. The summed E-state index contributed by atoms with van der Waals surface area (Å²) in [4.78, 5) is 32.0. The normalized spacial score (nSPS) is 12.8. The maximum absolute atomic E-state index is 11.3. The van der Waals surface area contributed by atoms with Crippen LogP contribution in [0.4, 0.5) is 0 Å². The second-order valence-corrected chi connectivity index (χ2v) is 3.63. The molecule has 84 valence electrons. The number of H-pyrrole nitrogens is 1. The minimum Gasteiger partial charge on any atom is -0.480 e. The van der Waals surface area contributed by atoms with Crippen LogP contribution in [0.2, 0.25) is 0 Å². The van der Waals surface area contributed by atoms with Crippen LogP contribution in [0.3, 0.4) is 0 Å². The fourth-order valence-corrected chi connectivity index (χ4v) is 1.42. The largest absolute Gasteiger partial charge is 0.480 e. The molecule has 0 radical (unpaired) electrons. The lowest BCUT2D eigenvalue weighted by molar-refractivity contribution is -0.136. The number of aromatic nitrogens is 4. The first-order valence-electron chi connectivity index (χ1n) is 4.35. The zero-order chi connectivity index (χ0) is 11.7. The monoisotopic (exact) mass is 242 g/mol. The standard InChI is InChI=1S/C8H7ClN4O3/c9-4(8(15)16)1-13-3-12-5-6(13)10-2-11-7(5)14/h2-4H,1H2,(H,15,16)(H,10,11,14). The number of rotatable bonds is 3. The van der Waals surface area contributed by atoms with E-state index in [4.69, 9.17) is 16.7 Å². The Bertz CT molecular complexity index is 590. The van der Waals surface area contributed by atoms with Crippen molar-refractivity contribution in [2.24, 2.45) is 0 Å². The van der Waals surface area contributed by atoms with Gasteiger partial charge in [0.1, 0.15) is 5.38 Å². The van der Waals surface area contributed by atoms with Crippen LogP contribution in [0.1, 0.15) is 0 Å². The molecule has 1 unspecified atom stereocenters. The van der Waals surface area contributed by atoms with Crippen molar-refractivity contribution in [1.29, 1.82) is 0 Å². The average molecular weight is 243 g/mol. The maximum Gasteiger partial charge on any atom is 0.323 e. The number of aromatic amines is 1. The lowest BCUT2D eigenvalue weighted by atomic mass is 10.4. The first-order valence-corrected chi connectivity index (χ1v) is 4.78. The number of halogens is 1. The van der Waals surface area contributed by atoms with Gasteiger partial charge in [-0.15, -0.1) is 11.6 Å². The van der Waals surface area contributed by atoms with Crippen LogP contribution in [-0.2, 0) is 11.3 Å². The van der Waals surface area contributed by atoms with Gasteiger partial charge in [0.05, 0.1) is 19.2 Å². The van der Waals surface area contributed by atoms with E-state index in [1.54, 1.807) is 0 Å². The zero-order valence-electron chi connectivity index (χ0n) is 7.92. The Morgan fingerprint density at radius 2 is 2.38 bits per heavy atom. The third kappa shape index (κ3) is 1.76. The lowest BCUT2D eigenvalue weighted by Crippen LogP contribution is -2.20. The molecule has 0 aromatic carbocycles. The van der Waals surface area contributed by atoms with Crippen molar-refractivity contribution in [3.05, 3.63) is 23.0 Å². The molecule has 2 aromatic heterocycles. The number of nitrogens with one attached hydrogen (secondary N) is 1. The molecule has 2 aromatic rings. The summed E-state index contributed by atoms with van der Waals surface area (Å²) >= 11 is 5.59. The molecule has 0 saturated carbocycles. The maximum atomic E-state index is 11.3. The lowest BCUT2D eigenvalue weighted by Gasteiger charge is -2.05. The van der Waals surface area contributed by atoms with Gasteiger partial charge in [-0.05, 0) is 0 Å². The highest BCUT2D eigenvalue weighted by atomic mass is 35.5. The van der Waals surface area contributed by atoms with Gasteiger partial charge in [0.15, 0.2) is 11.2 Å². The summed E-state index contributed by atoms with van der Waals surface area (Å²) in [5.74, 6) is -1.13. The van der Waals surface area contributed by atoms with Crippen molar-refractivity contribution in [3.8, 4) is 0 Å². The van der Waals surface area contributed by atoms with E-state index in [0.29, 0.717) is 5.65 Å². The molecule has 0 aliphatic rings. The van der Waals surface area contributed by atoms with E-state index in [-0.39, 0.29) is 17.6 Å². The smallest absolute Gasteiger partial charge is 0.323 e. The van der Waals surface area contributed by atoms with E-state index < -0.39 is 11.3 Å². The number of fused-ring (bicyclic) bond motifs is 1. The number of carboxylic acid groups (broad SMARTS) is 1. The predicted molar refractivity (Wildman–Crippen MR) is 55.4 cm³/mol. The molecule has 2 rings (SSSR count). The van der Waals surface area contributed by atoms with Crippen LogP contribution in [0.25, 0.3) is 11.2 Å². The van der Waals surface area contributed by atoms with Crippen molar-refractivity contribution in [3.63, 3.8) is 0 Å². The molecule has 0 aliphatic heterocycles. The van der Waals surface area contributed by atoms with Crippen molar-refractivity contribution in [2.45, 2.75) is 11.9 Å². The molecular formula is C8H7ClN4O3. The molecule has 2 N–H and O–H groups in total. The highest BCUT2D eigenvalue weighted by Crippen LogP contribution is 2.07. The number of imidazole rings is 1. The molecule has 7 nitrogen and oxygen atoms in total. The third-order valence-electron chi connectivity index (χ3n) is 2.03. The second kappa shape index (κ2) is 3.93. The Morgan fingerprint density at radius 3 is 3.06 bits per heavy atom. The number of hydrogen-bond acceptors (Lipinski definition) is 4. The number of nitrogens with zero attached hydrogens (tertiary/aromatic N) is 3. The van der Waals surface area contributed by atoms with Crippen LogP contribution in [0.5, 0.6) is 0 Å². The molecule has 0 bridgehead atoms. The Hall–Kier alpha value is -1.89. The van der Waals surface area contributed by atoms with E-state index >= 15 is 0 Å². The minimum absolute atomic E-state index is 0.00381. The second-order valence-electron chi connectivity index (χ2n) is 3.11. The highest BCUT2D eigenvalue weighted by molar-refractivity contribution is 6.29. The fraction of sp³-hybridized carbons (Fsp3) is 0.250. The first-order chi connectivity index (χ1) is 7.59. The van der Waals surface area contributed by atoms with Gasteiger partial charge in [0, 0.05) is 0 Å². The quantitative estimate of drug-likeness (QED) is 0.727. The molecule has 0 aliphatic carbocycles. The first kappa shape index (κ1) is 10.6. The summed E-state index contributed by atoms with van der Waals surface area (Å²) in [6.07, 6.45) is 2.57. The highest BCUT2D eigenvalue weighted by Gasteiger charge is 2.16. The van der Waals surface area contributed by atoms with Gasteiger partial charge < -0.3 is 14.7 Å². The minimum atomic E-state index is -1.13. The number of carbonyl (C=O) groups is 1. The summed E-state index contributed by atoms with van der Waals surface area (Å²) in [7, 11) is 0. The summed E-state index contributed by atoms with van der Waals surface area (Å²) < 4.78 is 1.43. The molecule has 16 heavy (non-hydrogen) atoms. The number of carboxylic acids is 1. The third-order valence-corrected chi connectivity index (χ3v) is 2.36. The molecule has 0 spiro atoms. The average Bonchev–Trinajstić information content (AvgIpc) is 2.63. The van der Waals surface area contributed by atoms with E-state index in [1.165, 1.54) is 17.2 Å². The van der Waals surface area contributed by atoms with E-state index in [1.807, 2.05) is 0 Å².